The van der Waals surface area contributed by atoms with E-state index < -0.39 is 11.6 Å². The van der Waals surface area contributed by atoms with Gasteiger partial charge in [0.1, 0.15) is 6.04 Å². The lowest BCUT2D eigenvalue weighted by molar-refractivity contribution is -0.144. The zero-order valence-corrected chi connectivity index (χ0v) is 21.0. The zero-order chi connectivity index (χ0) is 25.0. The molecule has 184 valence electrons. The third-order valence-electron chi connectivity index (χ3n) is 6.47. The molecule has 2 aliphatic rings. The first kappa shape index (κ1) is 25.7. The molecule has 0 aromatic heterocycles. The Kier molecular flexibility index (Phi) is 7.95. The number of benzene rings is 1. The van der Waals surface area contributed by atoms with Gasteiger partial charge < -0.3 is 10.2 Å². The molecule has 1 aliphatic heterocycles. The zero-order valence-electron chi connectivity index (χ0n) is 21.0. The Morgan fingerprint density at radius 3 is 2.26 bits per heavy atom. The number of allylic oxidation sites excluding steroid dienone is 2. The molecule has 1 heterocycles. The standard InChI is InChI=1S/C27H37N3O4/c1-6-22(24(32)28-27(3,4)5)30(17-19-11-9-10-18(2)16-19)23(31)14-15-29-25(33)20-12-7-8-13-21(20)26(29)34/h7-11,16,20-22H,6,12-15,17H2,1-5H3,(H,28,32)/t20-,21+,22?. The molecule has 1 fully saturated rings. The Labute approximate surface area is 202 Å². The number of rotatable bonds is 8. The molecule has 1 saturated heterocycles. The summed E-state index contributed by atoms with van der Waals surface area (Å²) in [6, 6.07) is 7.20. The molecule has 1 aliphatic carbocycles. The van der Waals surface area contributed by atoms with E-state index in [9.17, 15) is 19.2 Å². The van der Waals surface area contributed by atoms with Gasteiger partial charge in [-0.3, -0.25) is 24.1 Å². The van der Waals surface area contributed by atoms with Crippen LogP contribution in [0, 0.1) is 18.8 Å². The van der Waals surface area contributed by atoms with Crippen molar-refractivity contribution in [2.75, 3.05) is 6.54 Å². The fraction of sp³-hybridized carbons (Fsp3) is 0.556. The molecule has 3 rings (SSSR count). The average molecular weight is 468 g/mol. The van der Waals surface area contributed by atoms with Crippen LogP contribution in [0.1, 0.15) is 64.5 Å². The van der Waals surface area contributed by atoms with E-state index in [4.69, 9.17) is 0 Å². The minimum absolute atomic E-state index is 0.00450. The van der Waals surface area contributed by atoms with Crippen LogP contribution in [0.15, 0.2) is 36.4 Å². The van der Waals surface area contributed by atoms with Gasteiger partial charge in [0.15, 0.2) is 0 Å². The summed E-state index contributed by atoms with van der Waals surface area (Å²) >= 11 is 0. The van der Waals surface area contributed by atoms with Gasteiger partial charge >= 0.3 is 0 Å². The van der Waals surface area contributed by atoms with E-state index in [1.54, 1.807) is 4.90 Å². The van der Waals surface area contributed by atoms with Crippen molar-refractivity contribution in [2.45, 2.75) is 78.4 Å². The van der Waals surface area contributed by atoms with Crippen LogP contribution in [0.25, 0.3) is 0 Å². The summed E-state index contributed by atoms with van der Waals surface area (Å²) in [5.74, 6) is -1.44. The quantitative estimate of drug-likeness (QED) is 0.469. The van der Waals surface area contributed by atoms with Crippen LogP contribution in [0.2, 0.25) is 0 Å². The molecule has 7 nitrogen and oxygen atoms in total. The fourth-order valence-corrected chi connectivity index (χ4v) is 4.82. The summed E-state index contributed by atoms with van der Waals surface area (Å²) in [7, 11) is 0. The van der Waals surface area contributed by atoms with E-state index in [0.717, 1.165) is 11.1 Å². The van der Waals surface area contributed by atoms with Crippen molar-refractivity contribution in [1.82, 2.24) is 15.1 Å². The van der Waals surface area contributed by atoms with Gasteiger partial charge in [-0.25, -0.2) is 0 Å². The highest BCUT2D eigenvalue weighted by Crippen LogP contribution is 2.35. The van der Waals surface area contributed by atoms with Crippen molar-refractivity contribution in [3.8, 4) is 0 Å². The number of aryl methyl sites for hydroxylation is 1. The lowest BCUT2D eigenvalue weighted by Crippen LogP contribution is -2.53. The number of likely N-dealkylation sites (tertiary alicyclic amines) is 1. The van der Waals surface area contributed by atoms with E-state index in [2.05, 4.69) is 5.32 Å². The molecule has 34 heavy (non-hydrogen) atoms. The Morgan fingerprint density at radius 2 is 1.74 bits per heavy atom. The first-order chi connectivity index (χ1) is 16.0. The predicted molar refractivity (Wildman–Crippen MR) is 130 cm³/mol. The van der Waals surface area contributed by atoms with Crippen LogP contribution in [-0.2, 0) is 25.7 Å². The minimum atomic E-state index is -0.649. The maximum absolute atomic E-state index is 13.5. The van der Waals surface area contributed by atoms with Crippen molar-refractivity contribution >= 4 is 23.6 Å². The third kappa shape index (κ3) is 5.93. The Balaban J connectivity index is 1.77. The van der Waals surface area contributed by atoms with Crippen molar-refractivity contribution in [3.05, 3.63) is 47.5 Å². The molecule has 1 aromatic rings. The van der Waals surface area contributed by atoms with Crippen molar-refractivity contribution < 1.29 is 19.2 Å². The van der Waals surface area contributed by atoms with Crippen molar-refractivity contribution in [3.63, 3.8) is 0 Å². The third-order valence-corrected chi connectivity index (χ3v) is 6.47. The summed E-state index contributed by atoms with van der Waals surface area (Å²) in [6.07, 6.45) is 5.49. The molecule has 1 unspecified atom stereocenters. The Hall–Kier alpha value is -2.96. The fourth-order valence-electron chi connectivity index (χ4n) is 4.82. The second-order valence-corrected chi connectivity index (χ2v) is 10.4. The Morgan fingerprint density at radius 1 is 1.12 bits per heavy atom. The normalized spacial score (nSPS) is 20.8. The summed E-state index contributed by atoms with van der Waals surface area (Å²) in [5, 5.41) is 2.99. The molecule has 1 aromatic carbocycles. The highest BCUT2D eigenvalue weighted by atomic mass is 16.2. The number of hydrogen-bond donors (Lipinski definition) is 1. The topological polar surface area (TPSA) is 86.8 Å². The van der Waals surface area contributed by atoms with Crippen molar-refractivity contribution in [2.24, 2.45) is 11.8 Å². The number of imide groups is 1. The lowest BCUT2D eigenvalue weighted by atomic mass is 9.85. The van der Waals surface area contributed by atoms with Gasteiger partial charge in [0, 0.05) is 25.0 Å². The van der Waals surface area contributed by atoms with Crippen LogP contribution in [-0.4, -0.2) is 51.6 Å². The molecule has 7 heteroatoms. The number of amides is 4. The second-order valence-electron chi connectivity index (χ2n) is 10.4. The monoisotopic (exact) mass is 467 g/mol. The van der Waals surface area contributed by atoms with Crippen molar-refractivity contribution in [1.29, 1.82) is 0 Å². The number of carbonyl (C=O) groups is 4. The highest BCUT2D eigenvalue weighted by molar-refractivity contribution is 6.05. The molecule has 4 amide bonds. The van der Waals surface area contributed by atoms with E-state index in [-0.39, 0.29) is 55.0 Å². The maximum atomic E-state index is 13.5. The molecule has 0 spiro atoms. The predicted octanol–water partition coefficient (Wildman–Crippen LogP) is 3.36. The first-order valence-corrected chi connectivity index (χ1v) is 12.2. The molecule has 3 atom stereocenters. The van der Waals surface area contributed by atoms with E-state index in [1.807, 2.05) is 71.0 Å². The minimum Gasteiger partial charge on any atom is -0.350 e. The number of hydrogen-bond acceptors (Lipinski definition) is 4. The molecule has 1 N–H and O–H groups in total. The van der Waals surface area contributed by atoms with Crippen LogP contribution >= 0.6 is 0 Å². The van der Waals surface area contributed by atoms with Crippen LogP contribution in [0.5, 0.6) is 0 Å². The van der Waals surface area contributed by atoms with Gasteiger partial charge in [-0.15, -0.1) is 0 Å². The molecule has 0 radical (unpaired) electrons. The number of nitrogens with one attached hydrogen (secondary N) is 1. The number of nitrogens with zero attached hydrogens (tertiary/aromatic N) is 2. The largest absolute Gasteiger partial charge is 0.350 e. The smallest absolute Gasteiger partial charge is 0.243 e. The first-order valence-electron chi connectivity index (χ1n) is 12.2. The summed E-state index contributed by atoms with van der Waals surface area (Å²) < 4.78 is 0. The lowest BCUT2D eigenvalue weighted by Gasteiger charge is -2.33. The number of fused-ring (bicyclic) bond motifs is 1. The Bertz CT molecular complexity index is 952. The van der Waals surface area contributed by atoms with Gasteiger partial charge in [0.2, 0.25) is 23.6 Å². The van der Waals surface area contributed by atoms with Gasteiger partial charge in [-0.2, -0.15) is 0 Å². The van der Waals surface area contributed by atoms with Gasteiger partial charge in [0.05, 0.1) is 11.8 Å². The molecule has 0 bridgehead atoms. The molecular weight excluding hydrogens is 430 g/mol. The van der Waals surface area contributed by atoms with Crippen LogP contribution in [0.3, 0.4) is 0 Å². The van der Waals surface area contributed by atoms with Gasteiger partial charge in [-0.05, 0) is 52.5 Å². The highest BCUT2D eigenvalue weighted by Gasteiger charge is 2.47. The summed E-state index contributed by atoms with van der Waals surface area (Å²) in [4.78, 5) is 55.0. The van der Waals surface area contributed by atoms with E-state index in [0.29, 0.717) is 19.3 Å². The maximum Gasteiger partial charge on any atom is 0.243 e. The molecular formula is C27H37N3O4. The summed E-state index contributed by atoms with van der Waals surface area (Å²) in [6.45, 7) is 9.92. The van der Waals surface area contributed by atoms with E-state index in [1.165, 1.54) is 4.90 Å². The van der Waals surface area contributed by atoms with E-state index >= 15 is 0 Å². The molecule has 0 saturated carbocycles. The second kappa shape index (κ2) is 10.5. The average Bonchev–Trinajstić information content (AvgIpc) is 3.01. The van der Waals surface area contributed by atoms with Crippen LogP contribution < -0.4 is 5.32 Å². The van der Waals surface area contributed by atoms with Gasteiger partial charge in [0.25, 0.3) is 0 Å². The van der Waals surface area contributed by atoms with Gasteiger partial charge in [-0.1, -0.05) is 48.9 Å². The van der Waals surface area contributed by atoms with Crippen LogP contribution in [0.4, 0.5) is 0 Å². The summed E-state index contributed by atoms with van der Waals surface area (Å²) in [5.41, 5.74) is 1.57. The number of carbonyl (C=O) groups excluding carboxylic acids is 4. The SMILES string of the molecule is CCC(C(=O)NC(C)(C)C)N(Cc1cccc(C)c1)C(=O)CCN1C(=O)[C@H]2CC=CC[C@H]2C1=O.